The second-order valence-corrected chi connectivity index (χ2v) is 7.01. The fourth-order valence-corrected chi connectivity index (χ4v) is 3.79. The van der Waals surface area contributed by atoms with Gasteiger partial charge in [-0.15, -0.1) is 0 Å². The third kappa shape index (κ3) is 3.23. The number of carbonyl (C=O) groups is 1. The van der Waals surface area contributed by atoms with Gasteiger partial charge >= 0.3 is 5.97 Å². The summed E-state index contributed by atoms with van der Waals surface area (Å²) in [6, 6.07) is 11.2. The van der Waals surface area contributed by atoms with Crippen molar-refractivity contribution in [3.05, 3.63) is 54.1 Å². The molecule has 0 aliphatic carbocycles. The third-order valence-corrected chi connectivity index (χ3v) is 5.12. The summed E-state index contributed by atoms with van der Waals surface area (Å²) in [6.45, 7) is 3.07. The standard InChI is InChI=1S/C21H20FN3O2/c1-13-4-2-5-14(10-13)16-7-8-17(22)19-18(16)20(24-12-23-19)25-9-3-6-15(11-25)21(26)27/h2,4-5,7-8,10,12,15H,3,6,9,11H2,1H3,(H,26,27). The number of anilines is 1. The van der Waals surface area contributed by atoms with Gasteiger partial charge in [0.1, 0.15) is 23.5 Å². The number of carboxylic acid groups (broad SMARTS) is 1. The minimum Gasteiger partial charge on any atom is -0.481 e. The van der Waals surface area contributed by atoms with Crippen molar-refractivity contribution in [2.45, 2.75) is 19.8 Å². The van der Waals surface area contributed by atoms with Crippen molar-refractivity contribution in [1.29, 1.82) is 0 Å². The van der Waals surface area contributed by atoms with Crippen LogP contribution in [0.4, 0.5) is 10.2 Å². The number of aryl methyl sites for hydroxylation is 1. The summed E-state index contributed by atoms with van der Waals surface area (Å²) in [7, 11) is 0. The quantitative estimate of drug-likeness (QED) is 0.759. The Bertz CT molecular complexity index is 1020. The Morgan fingerprint density at radius 1 is 1.26 bits per heavy atom. The molecule has 0 amide bonds. The Kier molecular flexibility index (Phi) is 4.48. The van der Waals surface area contributed by atoms with Gasteiger partial charge in [0, 0.05) is 13.1 Å². The maximum atomic E-state index is 14.5. The highest BCUT2D eigenvalue weighted by atomic mass is 19.1. The SMILES string of the molecule is Cc1cccc(-c2ccc(F)c3ncnc(N4CCCC(C(=O)O)C4)c23)c1. The zero-order chi connectivity index (χ0) is 19.0. The van der Waals surface area contributed by atoms with Crippen molar-refractivity contribution in [2.24, 2.45) is 5.92 Å². The van der Waals surface area contributed by atoms with Crippen LogP contribution in [0.15, 0.2) is 42.7 Å². The van der Waals surface area contributed by atoms with E-state index in [1.54, 1.807) is 6.07 Å². The molecular weight excluding hydrogens is 345 g/mol. The Morgan fingerprint density at radius 2 is 2.11 bits per heavy atom. The van der Waals surface area contributed by atoms with Crippen molar-refractivity contribution in [1.82, 2.24) is 9.97 Å². The number of fused-ring (bicyclic) bond motifs is 1. The van der Waals surface area contributed by atoms with Gasteiger partial charge in [0.25, 0.3) is 0 Å². The molecule has 0 spiro atoms. The topological polar surface area (TPSA) is 66.3 Å². The Labute approximate surface area is 156 Å². The first-order valence-electron chi connectivity index (χ1n) is 9.02. The number of hydrogen-bond acceptors (Lipinski definition) is 4. The number of nitrogens with zero attached hydrogens (tertiary/aromatic N) is 3. The molecule has 27 heavy (non-hydrogen) atoms. The highest BCUT2D eigenvalue weighted by molar-refractivity contribution is 6.02. The van der Waals surface area contributed by atoms with Crippen LogP contribution in [0, 0.1) is 18.7 Å². The van der Waals surface area contributed by atoms with E-state index in [1.165, 1.54) is 12.4 Å². The molecule has 0 radical (unpaired) electrons. The molecule has 1 aromatic heterocycles. The molecule has 1 fully saturated rings. The summed E-state index contributed by atoms with van der Waals surface area (Å²) < 4.78 is 14.5. The minimum absolute atomic E-state index is 0.261. The monoisotopic (exact) mass is 365 g/mol. The molecule has 6 heteroatoms. The average molecular weight is 365 g/mol. The first kappa shape index (κ1) is 17.4. The number of hydrogen-bond donors (Lipinski definition) is 1. The van der Waals surface area contributed by atoms with Crippen molar-refractivity contribution < 1.29 is 14.3 Å². The smallest absolute Gasteiger partial charge is 0.308 e. The molecule has 1 aliphatic rings. The van der Waals surface area contributed by atoms with Crippen molar-refractivity contribution in [3.8, 4) is 11.1 Å². The summed E-state index contributed by atoms with van der Waals surface area (Å²) in [6.07, 6.45) is 2.76. The lowest BCUT2D eigenvalue weighted by molar-refractivity contribution is -0.141. The van der Waals surface area contributed by atoms with E-state index in [-0.39, 0.29) is 5.52 Å². The van der Waals surface area contributed by atoms with Crippen LogP contribution < -0.4 is 4.90 Å². The van der Waals surface area contributed by atoms with E-state index in [0.29, 0.717) is 30.7 Å². The second kappa shape index (κ2) is 6.95. The number of halogens is 1. The molecule has 2 heterocycles. The summed E-state index contributed by atoms with van der Waals surface area (Å²) >= 11 is 0. The molecule has 4 rings (SSSR count). The van der Waals surface area contributed by atoms with Gasteiger partial charge in [0.15, 0.2) is 0 Å². The van der Waals surface area contributed by atoms with Gasteiger partial charge in [-0.25, -0.2) is 14.4 Å². The average Bonchev–Trinajstić information content (AvgIpc) is 2.68. The maximum absolute atomic E-state index is 14.5. The van der Waals surface area contributed by atoms with Crippen LogP contribution in [0.2, 0.25) is 0 Å². The van der Waals surface area contributed by atoms with E-state index in [4.69, 9.17) is 0 Å². The fourth-order valence-electron chi connectivity index (χ4n) is 3.79. The van der Waals surface area contributed by atoms with Crippen LogP contribution in [-0.4, -0.2) is 34.1 Å². The van der Waals surface area contributed by atoms with E-state index < -0.39 is 17.7 Å². The Hall–Kier alpha value is -3.02. The summed E-state index contributed by atoms with van der Waals surface area (Å²) in [5, 5.41) is 10.0. The van der Waals surface area contributed by atoms with Crippen LogP contribution in [0.3, 0.4) is 0 Å². The van der Waals surface area contributed by atoms with Crippen molar-refractivity contribution in [3.63, 3.8) is 0 Å². The van der Waals surface area contributed by atoms with Gasteiger partial charge in [0.05, 0.1) is 11.3 Å². The van der Waals surface area contributed by atoms with Gasteiger partial charge in [-0.1, -0.05) is 35.9 Å². The molecule has 0 bridgehead atoms. The normalized spacial score (nSPS) is 17.3. The molecule has 1 aliphatic heterocycles. The van der Waals surface area contributed by atoms with Crippen LogP contribution >= 0.6 is 0 Å². The number of rotatable bonds is 3. The number of piperidine rings is 1. The van der Waals surface area contributed by atoms with Crippen LogP contribution in [0.25, 0.3) is 22.0 Å². The number of aliphatic carboxylic acids is 1. The van der Waals surface area contributed by atoms with E-state index in [2.05, 4.69) is 9.97 Å². The lowest BCUT2D eigenvalue weighted by Crippen LogP contribution is -2.39. The van der Waals surface area contributed by atoms with Gasteiger partial charge in [-0.2, -0.15) is 0 Å². The van der Waals surface area contributed by atoms with Gasteiger partial charge in [-0.05, 0) is 37.0 Å². The van der Waals surface area contributed by atoms with Crippen molar-refractivity contribution >= 4 is 22.7 Å². The number of aromatic nitrogens is 2. The first-order chi connectivity index (χ1) is 13.0. The number of benzene rings is 2. The van der Waals surface area contributed by atoms with Crippen LogP contribution in [0.5, 0.6) is 0 Å². The van der Waals surface area contributed by atoms with E-state index >= 15 is 0 Å². The molecule has 0 saturated carbocycles. The lowest BCUT2D eigenvalue weighted by atomic mass is 9.96. The molecule has 138 valence electrons. The molecule has 1 atom stereocenters. The third-order valence-electron chi connectivity index (χ3n) is 5.12. The lowest BCUT2D eigenvalue weighted by Gasteiger charge is -2.32. The van der Waals surface area contributed by atoms with E-state index in [0.717, 1.165) is 23.1 Å². The summed E-state index contributed by atoms with van der Waals surface area (Å²) in [5.74, 6) is -1.05. The molecule has 1 N–H and O–H groups in total. The summed E-state index contributed by atoms with van der Waals surface area (Å²) in [4.78, 5) is 22.0. The number of carboxylic acids is 1. The zero-order valence-electron chi connectivity index (χ0n) is 15.0. The predicted molar refractivity (Wildman–Crippen MR) is 102 cm³/mol. The van der Waals surface area contributed by atoms with E-state index in [9.17, 15) is 14.3 Å². The fraction of sp³-hybridized carbons (Fsp3) is 0.286. The first-order valence-corrected chi connectivity index (χ1v) is 9.02. The Balaban J connectivity index is 1.91. The highest BCUT2D eigenvalue weighted by Crippen LogP contribution is 2.36. The largest absolute Gasteiger partial charge is 0.481 e. The molecular formula is C21H20FN3O2. The minimum atomic E-state index is -0.803. The Morgan fingerprint density at radius 3 is 2.89 bits per heavy atom. The van der Waals surface area contributed by atoms with Crippen LogP contribution in [0.1, 0.15) is 18.4 Å². The van der Waals surface area contributed by atoms with Crippen molar-refractivity contribution in [2.75, 3.05) is 18.0 Å². The molecule has 5 nitrogen and oxygen atoms in total. The van der Waals surface area contributed by atoms with E-state index in [1.807, 2.05) is 36.1 Å². The van der Waals surface area contributed by atoms with Crippen LogP contribution in [-0.2, 0) is 4.79 Å². The zero-order valence-corrected chi connectivity index (χ0v) is 15.0. The molecule has 1 saturated heterocycles. The highest BCUT2D eigenvalue weighted by Gasteiger charge is 2.28. The molecule has 3 aromatic rings. The summed E-state index contributed by atoms with van der Waals surface area (Å²) in [5.41, 5.74) is 3.18. The van der Waals surface area contributed by atoms with Gasteiger partial charge in [-0.3, -0.25) is 4.79 Å². The predicted octanol–water partition coefficient (Wildman–Crippen LogP) is 4.05. The van der Waals surface area contributed by atoms with Gasteiger partial charge in [0.2, 0.25) is 0 Å². The maximum Gasteiger partial charge on any atom is 0.308 e. The van der Waals surface area contributed by atoms with Gasteiger partial charge < -0.3 is 10.0 Å². The molecule has 1 unspecified atom stereocenters. The molecule has 2 aromatic carbocycles. The second-order valence-electron chi connectivity index (χ2n) is 7.01.